The summed E-state index contributed by atoms with van der Waals surface area (Å²) in [6.07, 6.45) is 7.16. The van der Waals surface area contributed by atoms with Gasteiger partial charge in [0.15, 0.2) is 0 Å². The van der Waals surface area contributed by atoms with E-state index in [0.29, 0.717) is 25.9 Å². The van der Waals surface area contributed by atoms with Crippen molar-refractivity contribution in [3.8, 4) is 0 Å². The first-order valence-corrected chi connectivity index (χ1v) is 12.2. The lowest BCUT2D eigenvalue weighted by molar-refractivity contribution is 0.158. The molecule has 0 aliphatic carbocycles. The predicted octanol–water partition coefficient (Wildman–Crippen LogP) is 1.00. The molecule has 24 heavy (non-hydrogen) atoms. The minimum Gasteiger partial charge on any atom is -0.298 e. The second kappa shape index (κ2) is 8.96. The smallest absolute Gasteiger partial charge is 0.147 e. The van der Waals surface area contributed by atoms with Gasteiger partial charge in [0.05, 0.1) is 17.5 Å². The van der Waals surface area contributed by atoms with E-state index in [1.54, 1.807) is 6.20 Å². The van der Waals surface area contributed by atoms with Crippen LogP contribution in [-0.2, 0) is 19.7 Å². The molecular weight excluding hydrogens is 350 g/mol. The van der Waals surface area contributed by atoms with E-state index < -0.39 is 19.7 Å². The molecule has 9 heteroatoms. The standard InChI is InChI=1S/C15H29N3O4S2/c1-14(15(2)18-11-5-8-16-18)17(9-6-12-23(3,19)20)10-7-13-24(4,21)22/h5,8,11,14-15H,6-7,9-10,12-13H2,1-4H3/t14-,15-/m1/s1. The molecule has 1 heterocycles. The maximum absolute atomic E-state index is 11.3. The van der Waals surface area contributed by atoms with Gasteiger partial charge < -0.3 is 0 Å². The number of nitrogens with zero attached hydrogens (tertiary/aromatic N) is 3. The maximum Gasteiger partial charge on any atom is 0.147 e. The van der Waals surface area contributed by atoms with Crippen LogP contribution in [0.2, 0.25) is 0 Å². The molecule has 0 bridgehead atoms. The van der Waals surface area contributed by atoms with Gasteiger partial charge in [-0.3, -0.25) is 9.58 Å². The fourth-order valence-electron chi connectivity index (χ4n) is 2.63. The molecule has 0 aliphatic heterocycles. The molecular formula is C15H29N3O4S2. The van der Waals surface area contributed by atoms with Crippen LogP contribution in [0.3, 0.4) is 0 Å². The summed E-state index contributed by atoms with van der Waals surface area (Å²) in [6.45, 7) is 5.35. The molecule has 0 amide bonds. The lowest BCUT2D eigenvalue weighted by atomic mass is 10.1. The zero-order chi connectivity index (χ0) is 18.4. The second-order valence-electron chi connectivity index (χ2n) is 6.47. The van der Waals surface area contributed by atoms with Crippen LogP contribution in [0.15, 0.2) is 18.5 Å². The molecule has 1 aromatic heterocycles. The molecule has 2 atom stereocenters. The first kappa shape index (κ1) is 21.1. The van der Waals surface area contributed by atoms with Gasteiger partial charge in [0.2, 0.25) is 0 Å². The van der Waals surface area contributed by atoms with Crippen LogP contribution in [0.1, 0.15) is 32.7 Å². The van der Waals surface area contributed by atoms with Crippen molar-refractivity contribution in [2.75, 3.05) is 37.1 Å². The van der Waals surface area contributed by atoms with Crippen molar-refractivity contribution in [1.82, 2.24) is 14.7 Å². The Hall–Kier alpha value is -0.930. The molecule has 0 radical (unpaired) electrons. The van der Waals surface area contributed by atoms with Crippen molar-refractivity contribution in [3.05, 3.63) is 18.5 Å². The molecule has 1 aromatic rings. The third-order valence-electron chi connectivity index (χ3n) is 4.14. The van der Waals surface area contributed by atoms with Crippen LogP contribution in [0.25, 0.3) is 0 Å². The fraction of sp³-hybridized carbons (Fsp3) is 0.800. The SMILES string of the molecule is C[C@H]([C@@H](C)n1cccn1)N(CCCS(C)(=O)=O)CCCS(C)(=O)=O. The summed E-state index contributed by atoms with van der Waals surface area (Å²) in [6, 6.07) is 2.08. The Morgan fingerprint density at radius 2 is 1.50 bits per heavy atom. The van der Waals surface area contributed by atoms with E-state index >= 15 is 0 Å². The van der Waals surface area contributed by atoms with Crippen LogP contribution in [0, 0.1) is 0 Å². The average molecular weight is 380 g/mol. The first-order valence-electron chi connectivity index (χ1n) is 8.08. The van der Waals surface area contributed by atoms with Gasteiger partial charge in [0.25, 0.3) is 0 Å². The molecule has 0 saturated carbocycles. The number of rotatable bonds is 11. The van der Waals surface area contributed by atoms with E-state index in [9.17, 15) is 16.8 Å². The van der Waals surface area contributed by atoms with E-state index in [2.05, 4.69) is 23.8 Å². The van der Waals surface area contributed by atoms with Gasteiger partial charge in [0, 0.05) is 30.9 Å². The zero-order valence-electron chi connectivity index (χ0n) is 14.9. The van der Waals surface area contributed by atoms with Crippen LogP contribution < -0.4 is 0 Å². The Bertz CT molecular complexity index is 646. The summed E-state index contributed by atoms with van der Waals surface area (Å²) in [5.74, 6) is 0.275. The first-order chi connectivity index (χ1) is 11.0. The van der Waals surface area contributed by atoms with Crippen molar-refractivity contribution in [1.29, 1.82) is 0 Å². The Labute approximate surface area is 145 Å². The Balaban J connectivity index is 2.70. The molecule has 7 nitrogen and oxygen atoms in total. The molecule has 140 valence electrons. The molecule has 0 saturated heterocycles. The van der Waals surface area contributed by atoms with E-state index in [4.69, 9.17) is 0 Å². The van der Waals surface area contributed by atoms with Crippen LogP contribution in [-0.4, -0.2) is 74.7 Å². The summed E-state index contributed by atoms with van der Waals surface area (Å²) in [5, 5.41) is 4.26. The summed E-state index contributed by atoms with van der Waals surface area (Å²) in [4.78, 5) is 2.16. The average Bonchev–Trinajstić information content (AvgIpc) is 2.95. The Kier molecular flexibility index (Phi) is 7.88. The van der Waals surface area contributed by atoms with Crippen molar-refractivity contribution in [3.63, 3.8) is 0 Å². The monoisotopic (exact) mass is 379 g/mol. The molecule has 0 spiro atoms. The van der Waals surface area contributed by atoms with Gasteiger partial charge in [-0.15, -0.1) is 0 Å². The minimum absolute atomic E-state index is 0.108. The largest absolute Gasteiger partial charge is 0.298 e. The van der Waals surface area contributed by atoms with Gasteiger partial charge in [-0.2, -0.15) is 5.10 Å². The molecule has 1 rings (SSSR count). The summed E-state index contributed by atoms with van der Waals surface area (Å²) in [7, 11) is -5.99. The highest BCUT2D eigenvalue weighted by atomic mass is 32.2. The van der Waals surface area contributed by atoms with Gasteiger partial charge in [-0.25, -0.2) is 16.8 Å². The molecule has 0 unspecified atom stereocenters. The van der Waals surface area contributed by atoms with Gasteiger partial charge in [0.1, 0.15) is 19.7 Å². The van der Waals surface area contributed by atoms with E-state index in [0.717, 1.165) is 0 Å². The van der Waals surface area contributed by atoms with Crippen molar-refractivity contribution in [2.24, 2.45) is 0 Å². The van der Waals surface area contributed by atoms with Gasteiger partial charge in [-0.1, -0.05) is 0 Å². The molecule has 0 fully saturated rings. The highest BCUT2D eigenvalue weighted by Gasteiger charge is 2.22. The second-order valence-corrected chi connectivity index (χ2v) is 11.0. The maximum atomic E-state index is 11.3. The summed E-state index contributed by atoms with van der Waals surface area (Å²) >= 11 is 0. The fourth-order valence-corrected chi connectivity index (χ4v) is 3.93. The minimum atomic E-state index is -2.99. The van der Waals surface area contributed by atoms with Crippen molar-refractivity contribution >= 4 is 19.7 Å². The third-order valence-corrected chi connectivity index (χ3v) is 6.20. The van der Waals surface area contributed by atoms with Gasteiger partial charge in [-0.05, 0) is 45.8 Å². The van der Waals surface area contributed by atoms with E-state index in [1.807, 2.05) is 16.9 Å². The Morgan fingerprint density at radius 1 is 1.00 bits per heavy atom. The molecule has 0 aliphatic rings. The third kappa shape index (κ3) is 8.25. The topological polar surface area (TPSA) is 89.3 Å². The van der Waals surface area contributed by atoms with Crippen LogP contribution in [0.5, 0.6) is 0 Å². The summed E-state index contributed by atoms with van der Waals surface area (Å²) in [5.41, 5.74) is 0. The lowest BCUT2D eigenvalue weighted by Gasteiger charge is -2.33. The Morgan fingerprint density at radius 3 is 1.88 bits per heavy atom. The zero-order valence-corrected chi connectivity index (χ0v) is 16.6. The predicted molar refractivity (Wildman–Crippen MR) is 96.6 cm³/mol. The number of sulfone groups is 2. The van der Waals surface area contributed by atoms with Crippen molar-refractivity contribution < 1.29 is 16.8 Å². The molecule has 0 N–H and O–H groups in total. The van der Waals surface area contributed by atoms with E-state index in [1.165, 1.54) is 12.5 Å². The van der Waals surface area contributed by atoms with Crippen molar-refractivity contribution in [2.45, 2.75) is 38.8 Å². The van der Waals surface area contributed by atoms with Crippen LogP contribution in [0.4, 0.5) is 0 Å². The van der Waals surface area contributed by atoms with E-state index in [-0.39, 0.29) is 23.6 Å². The highest BCUT2D eigenvalue weighted by molar-refractivity contribution is 7.90. The normalized spacial score (nSPS) is 15.5. The number of hydrogen-bond donors (Lipinski definition) is 0. The number of hydrogen-bond acceptors (Lipinski definition) is 6. The van der Waals surface area contributed by atoms with Crippen LogP contribution >= 0.6 is 0 Å². The number of aromatic nitrogens is 2. The van der Waals surface area contributed by atoms with Gasteiger partial charge >= 0.3 is 0 Å². The quantitative estimate of drug-likeness (QED) is 0.570. The lowest BCUT2D eigenvalue weighted by Crippen LogP contribution is -2.41. The highest BCUT2D eigenvalue weighted by Crippen LogP contribution is 2.17. The molecule has 0 aromatic carbocycles. The summed E-state index contributed by atoms with van der Waals surface area (Å²) < 4.78 is 47.2.